The maximum atomic E-state index is 5.99. The fourth-order valence-corrected chi connectivity index (χ4v) is 1.95. The number of nitrogens with zero attached hydrogens (tertiary/aromatic N) is 1. The summed E-state index contributed by atoms with van der Waals surface area (Å²) >= 11 is 0. The Labute approximate surface area is 76.1 Å². The molecule has 12 heavy (non-hydrogen) atoms. The Bertz CT molecular complexity index is 156. The summed E-state index contributed by atoms with van der Waals surface area (Å²) in [5, 5.41) is 0. The molecule has 1 aliphatic heterocycles. The van der Waals surface area contributed by atoms with Crippen molar-refractivity contribution in [1.29, 1.82) is 0 Å². The molecule has 0 aliphatic carbocycles. The maximum Gasteiger partial charge on any atom is 0.0226 e. The van der Waals surface area contributed by atoms with Crippen molar-refractivity contribution in [1.82, 2.24) is 4.90 Å². The largest absolute Gasteiger partial charge is 0.324 e. The highest BCUT2D eigenvalue weighted by Crippen LogP contribution is 2.28. The van der Waals surface area contributed by atoms with Gasteiger partial charge in [-0.05, 0) is 47.1 Å². The van der Waals surface area contributed by atoms with Crippen molar-refractivity contribution in [2.24, 2.45) is 5.73 Å². The summed E-state index contributed by atoms with van der Waals surface area (Å²) < 4.78 is 0. The van der Waals surface area contributed by atoms with Gasteiger partial charge in [-0.1, -0.05) is 0 Å². The minimum absolute atomic E-state index is 0.0540. The summed E-state index contributed by atoms with van der Waals surface area (Å²) in [7, 11) is 0. The predicted octanol–water partition coefficient (Wildman–Crippen LogP) is 1.60. The third kappa shape index (κ3) is 2.46. The molecule has 1 rings (SSSR count). The van der Waals surface area contributed by atoms with Crippen LogP contribution in [0.4, 0.5) is 0 Å². The van der Waals surface area contributed by atoms with E-state index in [1.165, 1.54) is 19.4 Å². The lowest BCUT2D eigenvalue weighted by Crippen LogP contribution is -2.50. The smallest absolute Gasteiger partial charge is 0.0226 e. The normalized spacial score (nSPS) is 24.8. The van der Waals surface area contributed by atoms with Gasteiger partial charge in [0.25, 0.3) is 0 Å². The zero-order chi connectivity index (χ0) is 9.41. The monoisotopic (exact) mass is 170 g/mol. The van der Waals surface area contributed by atoms with Crippen LogP contribution in [0.1, 0.15) is 40.5 Å². The first kappa shape index (κ1) is 10.0. The van der Waals surface area contributed by atoms with E-state index in [9.17, 15) is 0 Å². The van der Waals surface area contributed by atoms with Crippen LogP contribution in [0.5, 0.6) is 0 Å². The van der Waals surface area contributed by atoms with Crippen molar-refractivity contribution < 1.29 is 0 Å². The molecular formula is C10H22N2. The van der Waals surface area contributed by atoms with E-state index in [0.29, 0.717) is 5.54 Å². The third-order valence-corrected chi connectivity index (χ3v) is 2.67. The van der Waals surface area contributed by atoms with Gasteiger partial charge in [0.2, 0.25) is 0 Å². The molecule has 0 aromatic heterocycles. The number of nitrogens with two attached hydrogens (primary N) is 1. The Hall–Kier alpha value is -0.0800. The zero-order valence-corrected chi connectivity index (χ0v) is 8.85. The zero-order valence-electron chi connectivity index (χ0n) is 8.85. The van der Waals surface area contributed by atoms with Crippen LogP contribution in [0.3, 0.4) is 0 Å². The Morgan fingerprint density at radius 1 is 1.42 bits per heavy atom. The van der Waals surface area contributed by atoms with Crippen molar-refractivity contribution in [3.63, 3.8) is 0 Å². The molecule has 2 heteroatoms. The second-order valence-corrected chi connectivity index (χ2v) is 5.33. The lowest BCUT2D eigenvalue weighted by Gasteiger charge is -2.36. The quantitative estimate of drug-likeness (QED) is 0.682. The minimum atomic E-state index is -0.0540. The van der Waals surface area contributed by atoms with Crippen LogP contribution < -0.4 is 5.73 Å². The lowest BCUT2D eigenvalue weighted by atomic mass is 9.99. The molecule has 2 N–H and O–H groups in total. The predicted molar refractivity (Wildman–Crippen MR) is 53.2 cm³/mol. The van der Waals surface area contributed by atoms with Crippen LogP contribution in [0, 0.1) is 0 Å². The van der Waals surface area contributed by atoms with Crippen LogP contribution in [0.15, 0.2) is 0 Å². The first-order chi connectivity index (χ1) is 5.31. The van der Waals surface area contributed by atoms with Crippen LogP contribution in [0.25, 0.3) is 0 Å². The van der Waals surface area contributed by atoms with Gasteiger partial charge in [0, 0.05) is 17.6 Å². The SMILES string of the molecule is CC(C)(N)CN1CCCC1(C)C. The first-order valence-corrected chi connectivity index (χ1v) is 4.85. The van der Waals surface area contributed by atoms with E-state index in [1.54, 1.807) is 0 Å². The van der Waals surface area contributed by atoms with Gasteiger partial charge in [-0.2, -0.15) is 0 Å². The van der Waals surface area contributed by atoms with Gasteiger partial charge in [0.05, 0.1) is 0 Å². The van der Waals surface area contributed by atoms with E-state index in [-0.39, 0.29) is 5.54 Å². The summed E-state index contributed by atoms with van der Waals surface area (Å²) in [5.74, 6) is 0. The van der Waals surface area contributed by atoms with Crippen molar-refractivity contribution in [2.45, 2.75) is 51.6 Å². The fraction of sp³-hybridized carbons (Fsp3) is 1.00. The summed E-state index contributed by atoms with van der Waals surface area (Å²) in [6.45, 7) is 11.0. The standard InChI is InChI=1S/C10H22N2/c1-9(2,11)8-12-7-5-6-10(12,3)4/h5-8,11H2,1-4H3. The molecule has 0 unspecified atom stereocenters. The van der Waals surface area contributed by atoms with E-state index >= 15 is 0 Å². The highest BCUT2D eigenvalue weighted by atomic mass is 15.2. The van der Waals surface area contributed by atoms with Crippen molar-refractivity contribution >= 4 is 0 Å². The van der Waals surface area contributed by atoms with Gasteiger partial charge in [0.15, 0.2) is 0 Å². The Balaban J connectivity index is 2.53. The van der Waals surface area contributed by atoms with E-state index in [4.69, 9.17) is 5.73 Å². The van der Waals surface area contributed by atoms with Crippen LogP contribution in [0.2, 0.25) is 0 Å². The molecule has 0 spiro atoms. The van der Waals surface area contributed by atoms with E-state index < -0.39 is 0 Å². The van der Waals surface area contributed by atoms with Crippen LogP contribution in [-0.2, 0) is 0 Å². The third-order valence-electron chi connectivity index (χ3n) is 2.67. The molecule has 1 saturated heterocycles. The molecular weight excluding hydrogens is 148 g/mol. The molecule has 72 valence electrons. The summed E-state index contributed by atoms with van der Waals surface area (Å²) in [4.78, 5) is 2.51. The number of rotatable bonds is 2. The van der Waals surface area contributed by atoms with Gasteiger partial charge < -0.3 is 5.73 Å². The van der Waals surface area contributed by atoms with E-state index in [0.717, 1.165) is 6.54 Å². The van der Waals surface area contributed by atoms with Gasteiger partial charge >= 0.3 is 0 Å². The maximum absolute atomic E-state index is 5.99. The number of hydrogen-bond acceptors (Lipinski definition) is 2. The molecule has 0 aromatic carbocycles. The second kappa shape index (κ2) is 3.00. The van der Waals surface area contributed by atoms with Gasteiger partial charge in [0.1, 0.15) is 0 Å². The Morgan fingerprint density at radius 2 is 2.00 bits per heavy atom. The highest BCUT2D eigenvalue weighted by Gasteiger charge is 2.33. The minimum Gasteiger partial charge on any atom is -0.324 e. The first-order valence-electron chi connectivity index (χ1n) is 4.85. The molecule has 1 fully saturated rings. The molecule has 2 nitrogen and oxygen atoms in total. The summed E-state index contributed by atoms with van der Waals surface area (Å²) in [6.07, 6.45) is 2.63. The average Bonchev–Trinajstić information content (AvgIpc) is 2.07. The average molecular weight is 170 g/mol. The van der Waals surface area contributed by atoms with Gasteiger partial charge in [-0.25, -0.2) is 0 Å². The van der Waals surface area contributed by atoms with E-state index in [1.807, 2.05) is 0 Å². The molecule has 0 amide bonds. The van der Waals surface area contributed by atoms with Crippen molar-refractivity contribution in [3.05, 3.63) is 0 Å². The fourth-order valence-electron chi connectivity index (χ4n) is 1.95. The van der Waals surface area contributed by atoms with Gasteiger partial charge in [-0.3, -0.25) is 4.90 Å². The van der Waals surface area contributed by atoms with Crippen LogP contribution in [-0.4, -0.2) is 29.1 Å². The lowest BCUT2D eigenvalue weighted by molar-refractivity contribution is 0.145. The number of hydrogen-bond donors (Lipinski definition) is 1. The molecule has 0 aromatic rings. The van der Waals surface area contributed by atoms with Crippen molar-refractivity contribution in [2.75, 3.05) is 13.1 Å². The van der Waals surface area contributed by atoms with E-state index in [2.05, 4.69) is 32.6 Å². The second-order valence-electron chi connectivity index (χ2n) is 5.33. The van der Waals surface area contributed by atoms with Gasteiger partial charge in [-0.15, -0.1) is 0 Å². The molecule has 0 bridgehead atoms. The highest BCUT2D eigenvalue weighted by molar-refractivity contribution is 4.91. The van der Waals surface area contributed by atoms with Crippen LogP contribution >= 0.6 is 0 Å². The molecule has 0 saturated carbocycles. The summed E-state index contributed by atoms with van der Waals surface area (Å²) in [5.41, 5.74) is 6.31. The Kier molecular flexibility index (Phi) is 2.50. The summed E-state index contributed by atoms with van der Waals surface area (Å²) in [6, 6.07) is 0. The molecule has 1 aliphatic rings. The molecule has 1 heterocycles. The Morgan fingerprint density at radius 3 is 2.33 bits per heavy atom. The molecule has 0 radical (unpaired) electrons. The number of likely N-dealkylation sites (tertiary alicyclic amines) is 1. The topological polar surface area (TPSA) is 29.3 Å². The molecule has 0 atom stereocenters. The van der Waals surface area contributed by atoms with Crippen molar-refractivity contribution in [3.8, 4) is 0 Å².